The number of anilines is 1. The number of rotatable bonds is 9. The first-order chi connectivity index (χ1) is 14.1. The molecule has 0 atom stereocenters. The van der Waals surface area contributed by atoms with Gasteiger partial charge in [0.2, 0.25) is 0 Å². The van der Waals surface area contributed by atoms with Gasteiger partial charge >= 0.3 is 0 Å². The molecule has 0 saturated heterocycles. The van der Waals surface area contributed by atoms with E-state index in [-0.39, 0.29) is 5.91 Å². The van der Waals surface area contributed by atoms with Gasteiger partial charge < -0.3 is 9.64 Å². The van der Waals surface area contributed by atoms with Crippen molar-refractivity contribution in [2.45, 2.75) is 27.2 Å². The maximum atomic E-state index is 13.4. The first kappa shape index (κ1) is 21.3. The number of amides is 1. The van der Waals surface area contributed by atoms with E-state index >= 15 is 0 Å². The summed E-state index contributed by atoms with van der Waals surface area (Å²) < 4.78 is 6.43. The smallest absolute Gasteiger partial charge is 0.260 e. The summed E-state index contributed by atoms with van der Waals surface area (Å²) in [6, 6.07) is 13.7. The number of aromatic nitrogens is 1. The average Bonchev–Trinajstić information content (AvgIpc) is 3.19. The van der Waals surface area contributed by atoms with Gasteiger partial charge in [0.15, 0.2) is 5.13 Å². The lowest BCUT2D eigenvalue weighted by Gasteiger charge is -2.23. The summed E-state index contributed by atoms with van der Waals surface area (Å²) in [5.41, 5.74) is 2.85. The molecule has 0 radical (unpaired) electrons. The molecule has 1 heterocycles. The number of hydrogen-bond donors (Lipinski definition) is 1. The molecule has 0 fully saturated rings. The Labute approximate surface area is 176 Å². The third-order valence-corrected chi connectivity index (χ3v) is 6.37. The molecule has 154 valence electrons. The van der Waals surface area contributed by atoms with Crippen molar-refractivity contribution in [1.29, 1.82) is 0 Å². The van der Waals surface area contributed by atoms with Crippen LogP contribution in [-0.4, -0.2) is 44.2 Å². The van der Waals surface area contributed by atoms with Crippen LogP contribution >= 0.6 is 11.3 Å². The molecule has 0 bridgehead atoms. The van der Waals surface area contributed by atoms with E-state index in [0.717, 1.165) is 41.4 Å². The van der Waals surface area contributed by atoms with Crippen molar-refractivity contribution in [3.63, 3.8) is 0 Å². The number of carbonyl (C=O) groups excluding carboxylic acids is 1. The fraction of sp³-hybridized carbons (Fsp3) is 0.391. The molecule has 2 aromatic carbocycles. The second-order valence-corrected chi connectivity index (χ2v) is 8.06. The number of thiazole rings is 1. The highest BCUT2D eigenvalue weighted by Gasteiger charge is 2.23. The minimum absolute atomic E-state index is 0.0368. The third kappa shape index (κ3) is 4.95. The molecule has 0 aliphatic carbocycles. The predicted molar refractivity (Wildman–Crippen MR) is 121 cm³/mol. The predicted octanol–water partition coefficient (Wildman–Crippen LogP) is 3.44. The monoisotopic (exact) mass is 412 g/mol. The molecule has 0 saturated carbocycles. The van der Waals surface area contributed by atoms with E-state index in [2.05, 4.69) is 39.0 Å². The number of quaternary nitrogens is 1. The van der Waals surface area contributed by atoms with Gasteiger partial charge in [-0.05, 0) is 56.2 Å². The maximum absolute atomic E-state index is 13.4. The van der Waals surface area contributed by atoms with Gasteiger partial charge in [0.1, 0.15) is 5.75 Å². The lowest BCUT2D eigenvalue weighted by molar-refractivity contribution is -0.894. The number of hydrogen-bond acceptors (Lipinski definition) is 4. The summed E-state index contributed by atoms with van der Waals surface area (Å²) in [5.74, 6) is 0.646. The van der Waals surface area contributed by atoms with Gasteiger partial charge in [-0.25, -0.2) is 4.98 Å². The average molecular weight is 413 g/mol. The molecule has 1 N–H and O–H groups in total. The van der Waals surface area contributed by atoms with E-state index in [1.54, 1.807) is 24.5 Å². The largest absolute Gasteiger partial charge is 0.497 e. The molecule has 0 unspecified atom stereocenters. The lowest BCUT2D eigenvalue weighted by atomic mass is 10.2. The van der Waals surface area contributed by atoms with Gasteiger partial charge in [-0.2, -0.15) is 0 Å². The van der Waals surface area contributed by atoms with Crippen molar-refractivity contribution < 1.29 is 14.4 Å². The summed E-state index contributed by atoms with van der Waals surface area (Å²) in [4.78, 5) is 21.5. The topological polar surface area (TPSA) is 46.9 Å². The number of likely N-dealkylation sites (N-methyl/N-ethyl adjacent to an activating group) is 1. The van der Waals surface area contributed by atoms with E-state index in [0.29, 0.717) is 17.9 Å². The Morgan fingerprint density at radius 3 is 2.62 bits per heavy atom. The number of fused-ring (bicyclic) bond motifs is 1. The zero-order valence-corrected chi connectivity index (χ0v) is 18.5. The zero-order chi connectivity index (χ0) is 20.8. The molecule has 0 aliphatic rings. The van der Waals surface area contributed by atoms with Crippen LogP contribution in [0.2, 0.25) is 0 Å². The standard InChI is InChI=1S/C23H29N3O2S/c1-5-17-11-12-20-21(15-17)29-23(24-20)26(14-13-25(6-2)7-3)22(27)18-9-8-10-19(16-18)28-4/h8-12,15-16H,5-7,13-14H2,1-4H3/p+1. The fourth-order valence-electron chi connectivity index (χ4n) is 3.36. The van der Waals surface area contributed by atoms with Gasteiger partial charge in [0, 0.05) is 5.56 Å². The van der Waals surface area contributed by atoms with Gasteiger partial charge in [-0.15, -0.1) is 0 Å². The zero-order valence-electron chi connectivity index (χ0n) is 17.7. The van der Waals surface area contributed by atoms with Crippen LogP contribution in [0.15, 0.2) is 42.5 Å². The van der Waals surface area contributed by atoms with Crippen LogP contribution < -0.4 is 14.5 Å². The van der Waals surface area contributed by atoms with Crippen LogP contribution in [0, 0.1) is 0 Å². The summed E-state index contributed by atoms with van der Waals surface area (Å²) in [6.07, 6.45) is 0.987. The van der Waals surface area contributed by atoms with Crippen molar-refractivity contribution >= 4 is 32.6 Å². The Balaban J connectivity index is 1.96. The summed E-state index contributed by atoms with van der Waals surface area (Å²) in [6.45, 7) is 10.1. The van der Waals surface area contributed by atoms with Crippen LogP contribution in [0.4, 0.5) is 5.13 Å². The second kappa shape index (κ2) is 9.85. The highest BCUT2D eigenvalue weighted by atomic mass is 32.1. The summed E-state index contributed by atoms with van der Waals surface area (Å²) in [5, 5.41) is 0.757. The van der Waals surface area contributed by atoms with Crippen molar-refractivity contribution in [2.75, 3.05) is 38.2 Å². The number of methoxy groups -OCH3 is 1. The molecule has 3 aromatic rings. The summed E-state index contributed by atoms with van der Waals surface area (Å²) >= 11 is 1.59. The second-order valence-electron chi connectivity index (χ2n) is 7.05. The SMILES string of the molecule is CCc1ccc2nc(N(CC[NH+](CC)CC)C(=O)c3cccc(OC)c3)sc2c1. The molecule has 0 spiro atoms. The highest BCUT2D eigenvalue weighted by molar-refractivity contribution is 7.22. The van der Waals surface area contributed by atoms with Gasteiger partial charge in [-0.3, -0.25) is 9.69 Å². The van der Waals surface area contributed by atoms with Crippen molar-refractivity contribution in [3.05, 3.63) is 53.6 Å². The quantitative estimate of drug-likeness (QED) is 0.586. The van der Waals surface area contributed by atoms with Crippen LogP contribution in [0.25, 0.3) is 10.2 Å². The minimum Gasteiger partial charge on any atom is -0.497 e. The number of ether oxygens (including phenoxy) is 1. The number of nitrogens with one attached hydrogen (secondary N) is 1. The lowest BCUT2D eigenvalue weighted by Crippen LogP contribution is -3.12. The van der Waals surface area contributed by atoms with Crippen molar-refractivity contribution in [1.82, 2.24) is 4.98 Å². The molecule has 0 aliphatic heterocycles. The number of benzene rings is 2. The van der Waals surface area contributed by atoms with Crippen LogP contribution in [-0.2, 0) is 6.42 Å². The van der Waals surface area contributed by atoms with Crippen molar-refractivity contribution in [2.24, 2.45) is 0 Å². The van der Waals surface area contributed by atoms with E-state index in [4.69, 9.17) is 9.72 Å². The normalized spacial score (nSPS) is 11.2. The van der Waals surface area contributed by atoms with Gasteiger partial charge in [-0.1, -0.05) is 30.4 Å². The Morgan fingerprint density at radius 2 is 1.93 bits per heavy atom. The number of carbonyl (C=O) groups is 1. The first-order valence-electron chi connectivity index (χ1n) is 10.3. The van der Waals surface area contributed by atoms with Crippen LogP contribution in [0.1, 0.15) is 36.7 Å². The first-order valence-corrected chi connectivity index (χ1v) is 11.1. The summed E-state index contributed by atoms with van der Waals surface area (Å²) in [7, 11) is 1.62. The fourth-order valence-corrected chi connectivity index (χ4v) is 4.42. The van der Waals surface area contributed by atoms with E-state index in [1.807, 2.05) is 23.1 Å². The van der Waals surface area contributed by atoms with E-state index in [1.165, 1.54) is 10.5 Å². The number of aryl methyl sites for hydroxylation is 1. The minimum atomic E-state index is -0.0368. The Morgan fingerprint density at radius 1 is 1.14 bits per heavy atom. The van der Waals surface area contributed by atoms with Crippen LogP contribution in [0.5, 0.6) is 5.75 Å². The molecular formula is C23H30N3O2S+. The molecule has 1 aromatic heterocycles. The van der Waals surface area contributed by atoms with Gasteiger partial charge in [0.25, 0.3) is 5.91 Å². The molecule has 29 heavy (non-hydrogen) atoms. The molecule has 6 heteroatoms. The number of nitrogens with zero attached hydrogens (tertiary/aromatic N) is 2. The molecule has 1 amide bonds. The van der Waals surface area contributed by atoms with Crippen molar-refractivity contribution in [3.8, 4) is 5.75 Å². The van der Waals surface area contributed by atoms with Crippen LogP contribution in [0.3, 0.4) is 0 Å². The highest BCUT2D eigenvalue weighted by Crippen LogP contribution is 2.30. The van der Waals surface area contributed by atoms with Gasteiger partial charge in [0.05, 0.1) is 43.5 Å². The Kier molecular flexibility index (Phi) is 7.23. The molecule has 3 rings (SSSR count). The Bertz CT molecular complexity index is 966. The maximum Gasteiger partial charge on any atom is 0.260 e. The molecule has 5 nitrogen and oxygen atoms in total. The van der Waals surface area contributed by atoms with E-state index < -0.39 is 0 Å². The third-order valence-electron chi connectivity index (χ3n) is 5.33. The van der Waals surface area contributed by atoms with E-state index in [9.17, 15) is 4.79 Å². The Hall–Kier alpha value is -2.44. The molecular weight excluding hydrogens is 382 g/mol.